The molecule has 1 aliphatic rings. The maximum Gasteiger partial charge on any atom is 0.251 e. The number of carbonyl (C=O) groups excluding carboxylic acids is 1. The highest BCUT2D eigenvalue weighted by Crippen LogP contribution is 2.18. The average Bonchev–Trinajstić information content (AvgIpc) is 2.53. The number of hydrogen-bond donors (Lipinski definition) is 2. The molecule has 3 N–H and O–H groups in total. The van der Waals surface area contributed by atoms with Crippen molar-refractivity contribution in [3.63, 3.8) is 0 Å². The number of halogens is 1. The zero-order valence-electron chi connectivity index (χ0n) is 12.4. The molecule has 0 unspecified atom stereocenters. The molecule has 2 rings (SSSR count). The Labute approximate surface area is 124 Å². The SMILES string of the molecule is CCC[C@@H](C(=O)NN)N1CCN(c2ccc(F)cc2)CC1. The van der Waals surface area contributed by atoms with Crippen molar-refractivity contribution in [2.45, 2.75) is 25.8 Å². The van der Waals surface area contributed by atoms with E-state index in [1.807, 2.05) is 0 Å². The predicted octanol–water partition coefficient (Wildman–Crippen LogP) is 1.11. The number of anilines is 1. The fourth-order valence-electron chi connectivity index (χ4n) is 2.79. The molecule has 1 atom stereocenters. The summed E-state index contributed by atoms with van der Waals surface area (Å²) < 4.78 is 13.0. The number of rotatable bonds is 5. The molecule has 0 bridgehead atoms. The van der Waals surface area contributed by atoms with Crippen LogP contribution in [0.1, 0.15) is 19.8 Å². The van der Waals surface area contributed by atoms with E-state index < -0.39 is 0 Å². The maximum absolute atomic E-state index is 13.0. The predicted molar refractivity (Wildman–Crippen MR) is 81.2 cm³/mol. The van der Waals surface area contributed by atoms with Crippen LogP contribution in [-0.4, -0.2) is 43.0 Å². The minimum Gasteiger partial charge on any atom is -0.369 e. The first-order chi connectivity index (χ1) is 10.2. The largest absolute Gasteiger partial charge is 0.369 e. The van der Waals surface area contributed by atoms with Gasteiger partial charge in [-0.25, -0.2) is 10.2 Å². The molecule has 1 aliphatic heterocycles. The highest BCUT2D eigenvalue weighted by atomic mass is 19.1. The number of hydrogen-bond acceptors (Lipinski definition) is 4. The van der Waals surface area contributed by atoms with Gasteiger partial charge in [-0.15, -0.1) is 0 Å². The van der Waals surface area contributed by atoms with E-state index in [-0.39, 0.29) is 17.8 Å². The second-order valence-corrected chi connectivity index (χ2v) is 5.31. The zero-order chi connectivity index (χ0) is 15.2. The van der Waals surface area contributed by atoms with Gasteiger partial charge >= 0.3 is 0 Å². The van der Waals surface area contributed by atoms with Gasteiger partial charge < -0.3 is 4.90 Å². The Morgan fingerprint density at radius 1 is 1.29 bits per heavy atom. The Hall–Kier alpha value is -1.66. The molecule has 21 heavy (non-hydrogen) atoms. The number of piperazine rings is 1. The van der Waals surface area contributed by atoms with Gasteiger partial charge in [-0.3, -0.25) is 15.1 Å². The van der Waals surface area contributed by atoms with Crippen LogP contribution >= 0.6 is 0 Å². The molecule has 0 aliphatic carbocycles. The average molecular weight is 294 g/mol. The molecule has 116 valence electrons. The van der Waals surface area contributed by atoms with Crippen LogP contribution in [-0.2, 0) is 4.79 Å². The Bertz CT molecular complexity index is 457. The first-order valence-electron chi connectivity index (χ1n) is 7.40. The van der Waals surface area contributed by atoms with E-state index in [4.69, 9.17) is 5.84 Å². The van der Waals surface area contributed by atoms with E-state index in [0.717, 1.165) is 44.7 Å². The summed E-state index contributed by atoms with van der Waals surface area (Å²) in [4.78, 5) is 16.2. The number of nitrogens with zero attached hydrogens (tertiary/aromatic N) is 2. The van der Waals surface area contributed by atoms with E-state index in [9.17, 15) is 9.18 Å². The molecule has 0 saturated carbocycles. The van der Waals surface area contributed by atoms with Crippen molar-refractivity contribution in [2.75, 3.05) is 31.1 Å². The van der Waals surface area contributed by atoms with Gasteiger partial charge in [0.15, 0.2) is 0 Å². The second-order valence-electron chi connectivity index (χ2n) is 5.31. The van der Waals surface area contributed by atoms with Gasteiger partial charge in [0, 0.05) is 31.9 Å². The third-order valence-corrected chi connectivity index (χ3v) is 3.95. The van der Waals surface area contributed by atoms with Gasteiger partial charge in [0.25, 0.3) is 5.91 Å². The summed E-state index contributed by atoms with van der Waals surface area (Å²) in [5.41, 5.74) is 3.28. The number of nitrogens with two attached hydrogens (primary N) is 1. The van der Waals surface area contributed by atoms with Crippen molar-refractivity contribution >= 4 is 11.6 Å². The molecule has 1 amide bonds. The van der Waals surface area contributed by atoms with Crippen molar-refractivity contribution in [3.8, 4) is 0 Å². The van der Waals surface area contributed by atoms with Crippen LogP contribution in [0, 0.1) is 5.82 Å². The van der Waals surface area contributed by atoms with Crippen LogP contribution in [0.25, 0.3) is 0 Å². The molecule has 1 saturated heterocycles. The number of carbonyl (C=O) groups is 1. The summed E-state index contributed by atoms with van der Waals surface area (Å²) in [6, 6.07) is 6.38. The van der Waals surface area contributed by atoms with Crippen LogP contribution < -0.4 is 16.2 Å². The molecular formula is C15H23FN4O. The van der Waals surface area contributed by atoms with Gasteiger partial charge in [-0.05, 0) is 30.7 Å². The van der Waals surface area contributed by atoms with Crippen molar-refractivity contribution < 1.29 is 9.18 Å². The fourth-order valence-corrected chi connectivity index (χ4v) is 2.79. The van der Waals surface area contributed by atoms with Crippen LogP contribution in [0.15, 0.2) is 24.3 Å². The lowest BCUT2D eigenvalue weighted by Crippen LogP contribution is -2.56. The Kier molecular flexibility index (Phi) is 5.52. The third-order valence-electron chi connectivity index (χ3n) is 3.95. The Morgan fingerprint density at radius 2 is 1.90 bits per heavy atom. The quantitative estimate of drug-likeness (QED) is 0.485. The highest BCUT2D eigenvalue weighted by molar-refractivity contribution is 5.81. The smallest absolute Gasteiger partial charge is 0.251 e. The third kappa shape index (κ3) is 3.92. The molecule has 0 radical (unpaired) electrons. The summed E-state index contributed by atoms with van der Waals surface area (Å²) in [5, 5.41) is 0. The standard InChI is InChI=1S/C15H23FN4O/c1-2-3-14(15(21)18-17)20-10-8-19(9-11-20)13-6-4-12(16)5-7-13/h4-7,14H,2-3,8-11,17H2,1H3,(H,18,21)/t14-/m0/s1. The molecule has 6 heteroatoms. The number of amides is 1. The normalized spacial score (nSPS) is 17.6. The molecule has 1 aromatic rings. The molecule has 5 nitrogen and oxygen atoms in total. The molecule has 0 spiro atoms. The van der Waals surface area contributed by atoms with Crippen molar-refractivity contribution in [1.82, 2.24) is 10.3 Å². The summed E-state index contributed by atoms with van der Waals surface area (Å²) >= 11 is 0. The van der Waals surface area contributed by atoms with Crippen molar-refractivity contribution in [1.29, 1.82) is 0 Å². The van der Waals surface area contributed by atoms with Gasteiger partial charge in [0.1, 0.15) is 5.82 Å². The van der Waals surface area contributed by atoms with E-state index in [2.05, 4.69) is 22.1 Å². The summed E-state index contributed by atoms with van der Waals surface area (Å²) in [7, 11) is 0. The zero-order valence-corrected chi connectivity index (χ0v) is 12.4. The van der Waals surface area contributed by atoms with Crippen molar-refractivity contribution in [2.24, 2.45) is 5.84 Å². The van der Waals surface area contributed by atoms with Gasteiger partial charge in [0.2, 0.25) is 0 Å². The molecule has 1 heterocycles. The highest BCUT2D eigenvalue weighted by Gasteiger charge is 2.27. The lowest BCUT2D eigenvalue weighted by molar-refractivity contribution is -0.127. The summed E-state index contributed by atoms with van der Waals surface area (Å²) in [6.45, 7) is 5.31. The molecular weight excluding hydrogens is 271 g/mol. The minimum absolute atomic E-state index is 0.118. The molecule has 1 aromatic carbocycles. The van der Waals surface area contributed by atoms with Gasteiger partial charge in [-0.1, -0.05) is 13.3 Å². The molecule has 0 aromatic heterocycles. The first kappa shape index (κ1) is 15.7. The number of hydrazine groups is 1. The van der Waals surface area contributed by atoms with Crippen LogP contribution in [0.5, 0.6) is 0 Å². The van der Waals surface area contributed by atoms with E-state index >= 15 is 0 Å². The number of benzene rings is 1. The summed E-state index contributed by atoms with van der Waals surface area (Å²) in [6.07, 6.45) is 1.75. The van der Waals surface area contributed by atoms with Gasteiger partial charge in [0.05, 0.1) is 6.04 Å². The number of nitrogens with one attached hydrogen (secondary N) is 1. The monoisotopic (exact) mass is 294 g/mol. The van der Waals surface area contributed by atoms with E-state index in [1.54, 1.807) is 12.1 Å². The van der Waals surface area contributed by atoms with Gasteiger partial charge in [-0.2, -0.15) is 0 Å². The first-order valence-corrected chi connectivity index (χ1v) is 7.40. The van der Waals surface area contributed by atoms with E-state index in [0.29, 0.717) is 0 Å². The van der Waals surface area contributed by atoms with Crippen LogP contribution in [0.3, 0.4) is 0 Å². The van der Waals surface area contributed by atoms with Crippen LogP contribution in [0.4, 0.5) is 10.1 Å². The lowest BCUT2D eigenvalue weighted by atomic mass is 10.1. The topological polar surface area (TPSA) is 61.6 Å². The molecule has 1 fully saturated rings. The minimum atomic E-state index is -0.222. The second kappa shape index (κ2) is 7.38. The lowest BCUT2D eigenvalue weighted by Gasteiger charge is -2.39. The van der Waals surface area contributed by atoms with Crippen molar-refractivity contribution in [3.05, 3.63) is 30.1 Å². The Morgan fingerprint density at radius 3 is 2.43 bits per heavy atom. The Balaban J connectivity index is 1.95. The fraction of sp³-hybridized carbons (Fsp3) is 0.533. The van der Waals surface area contributed by atoms with Crippen LogP contribution in [0.2, 0.25) is 0 Å². The van der Waals surface area contributed by atoms with E-state index in [1.165, 1.54) is 12.1 Å². The maximum atomic E-state index is 13.0. The summed E-state index contributed by atoms with van der Waals surface area (Å²) in [5.74, 6) is 4.93.